The Morgan fingerprint density at radius 3 is 2.42 bits per heavy atom. The molecule has 4 nitrogen and oxygen atoms in total. The summed E-state index contributed by atoms with van der Waals surface area (Å²) in [5.41, 5.74) is 2.48. The topological polar surface area (TPSA) is 45.2 Å². The second-order valence-corrected chi connectivity index (χ2v) is 4.69. The first-order chi connectivity index (χ1) is 9.13. The molecular formula is C15H25N3O. The van der Waals surface area contributed by atoms with E-state index in [1.807, 2.05) is 24.8 Å². The summed E-state index contributed by atoms with van der Waals surface area (Å²) in [6, 6.07) is 1.94. The van der Waals surface area contributed by atoms with Gasteiger partial charge in [0.15, 0.2) is 0 Å². The number of aromatic nitrogens is 1. The Balaban J connectivity index is 3.01. The number of amides is 1. The van der Waals surface area contributed by atoms with Crippen molar-refractivity contribution in [3.05, 3.63) is 23.5 Å². The molecule has 0 atom stereocenters. The molecule has 1 N–H and O–H groups in total. The van der Waals surface area contributed by atoms with E-state index in [0.29, 0.717) is 5.56 Å². The number of nitrogens with one attached hydrogen (secondary N) is 1. The molecule has 1 heterocycles. The van der Waals surface area contributed by atoms with Gasteiger partial charge in [-0.25, -0.2) is 0 Å². The van der Waals surface area contributed by atoms with Gasteiger partial charge in [-0.2, -0.15) is 0 Å². The molecule has 0 aliphatic heterocycles. The Bertz CT molecular complexity index is 412. The zero-order chi connectivity index (χ0) is 14.3. The fraction of sp³-hybridized carbons (Fsp3) is 0.600. The fourth-order valence-electron chi connectivity index (χ4n) is 2.09. The molecule has 0 bridgehead atoms. The summed E-state index contributed by atoms with van der Waals surface area (Å²) >= 11 is 0. The highest BCUT2D eigenvalue weighted by Crippen LogP contribution is 2.18. The third kappa shape index (κ3) is 4.23. The van der Waals surface area contributed by atoms with Crippen LogP contribution in [0.5, 0.6) is 0 Å². The van der Waals surface area contributed by atoms with E-state index in [1.165, 1.54) is 0 Å². The van der Waals surface area contributed by atoms with Crippen molar-refractivity contribution in [3.63, 3.8) is 0 Å². The van der Waals surface area contributed by atoms with E-state index < -0.39 is 0 Å². The number of anilines is 1. The number of hydrogen-bond acceptors (Lipinski definition) is 3. The van der Waals surface area contributed by atoms with Crippen LogP contribution in [0.25, 0.3) is 0 Å². The van der Waals surface area contributed by atoms with Crippen molar-refractivity contribution in [3.8, 4) is 0 Å². The quantitative estimate of drug-likeness (QED) is 0.822. The maximum Gasteiger partial charge on any atom is 0.257 e. The van der Waals surface area contributed by atoms with Crippen molar-refractivity contribution < 1.29 is 4.79 Å². The van der Waals surface area contributed by atoms with Gasteiger partial charge in [0.05, 0.1) is 11.3 Å². The van der Waals surface area contributed by atoms with Gasteiger partial charge in [0.25, 0.3) is 5.91 Å². The molecule has 0 unspecified atom stereocenters. The Kier molecular flexibility index (Phi) is 6.33. The van der Waals surface area contributed by atoms with E-state index in [-0.39, 0.29) is 5.91 Å². The van der Waals surface area contributed by atoms with Crippen molar-refractivity contribution >= 4 is 11.6 Å². The third-order valence-electron chi connectivity index (χ3n) is 2.91. The van der Waals surface area contributed by atoms with Crippen LogP contribution in [0.4, 0.5) is 5.69 Å². The van der Waals surface area contributed by atoms with Crippen molar-refractivity contribution in [2.24, 2.45) is 0 Å². The Morgan fingerprint density at radius 1 is 1.26 bits per heavy atom. The molecular weight excluding hydrogens is 238 g/mol. The summed E-state index contributed by atoms with van der Waals surface area (Å²) in [4.78, 5) is 18.7. The van der Waals surface area contributed by atoms with Crippen LogP contribution in [0, 0.1) is 6.92 Å². The van der Waals surface area contributed by atoms with Crippen LogP contribution >= 0.6 is 0 Å². The van der Waals surface area contributed by atoms with Crippen LogP contribution in [0.1, 0.15) is 49.7 Å². The number of rotatable bonds is 7. The van der Waals surface area contributed by atoms with Gasteiger partial charge in [-0.3, -0.25) is 9.78 Å². The fourth-order valence-corrected chi connectivity index (χ4v) is 2.09. The van der Waals surface area contributed by atoms with E-state index in [4.69, 9.17) is 0 Å². The number of aryl methyl sites for hydroxylation is 1. The molecule has 0 aromatic carbocycles. The van der Waals surface area contributed by atoms with Crippen molar-refractivity contribution in [1.29, 1.82) is 0 Å². The Hall–Kier alpha value is -1.58. The van der Waals surface area contributed by atoms with Crippen molar-refractivity contribution in [2.75, 3.05) is 25.0 Å². The SMILES string of the molecule is CCCN(CCC)C(=O)c1cnc(C)cc1NCC. The lowest BCUT2D eigenvalue weighted by Gasteiger charge is -2.23. The molecule has 0 aliphatic rings. The molecule has 1 aromatic rings. The van der Waals surface area contributed by atoms with Gasteiger partial charge < -0.3 is 10.2 Å². The van der Waals surface area contributed by atoms with Gasteiger partial charge in [-0.15, -0.1) is 0 Å². The Morgan fingerprint density at radius 2 is 1.89 bits per heavy atom. The highest BCUT2D eigenvalue weighted by Gasteiger charge is 2.18. The summed E-state index contributed by atoms with van der Waals surface area (Å²) in [5.74, 6) is 0.0761. The summed E-state index contributed by atoms with van der Waals surface area (Å²) in [6.07, 6.45) is 3.64. The number of hydrogen-bond donors (Lipinski definition) is 1. The Labute approximate surface area is 116 Å². The maximum atomic E-state index is 12.6. The number of carbonyl (C=O) groups excluding carboxylic acids is 1. The van der Waals surface area contributed by atoms with E-state index >= 15 is 0 Å². The summed E-state index contributed by atoms with van der Waals surface area (Å²) in [6.45, 7) is 10.5. The first kappa shape index (κ1) is 15.5. The molecule has 1 aromatic heterocycles. The average molecular weight is 263 g/mol. The lowest BCUT2D eigenvalue weighted by molar-refractivity contribution is 0.0756. The van der Waals surface area contributed by atoms with Gasteiger partial charge in [0, 0.05) is 31.5 Å². The van der Waals surface area contributed by atoms with Gasteiger partial charge in [-0.1, -0.05) is 13.8 Å². The second-order valence-electron chi connectivity index (χ2n) is 4.69. The molecule has 0 fully saturated rings. The third-order valence-corrected chi connectivity index (χ3v) is 2.91. The van der Waals surface area contributed by atoms with Crippen LogP contribution in [0.2, 0.25) is 0 Å². The maximum absolute atomic E-state index is 12.6. The van der Waals surface area contributed by atoms with Gasteiger partial charge in [0.1, 0.15) is 0 Å². The average Bonchev–Trinajstić information content (AvgIpc) is 2.38. The predicted octanol–water partition coefficient (Wildman–Crippen LogP) is 3.08. The molecule has 0 aliphatic carbocycles. The lowest BCUT2D eigenvalue weighted by atomic mass is 10.1. The minimum Gasteiger partial charge on any atom is -0.385 e. The van der Waals surface area contributed by atoms with Gasteiger partial charge in [0.2, 0.25) is 0 Å². The van der Waals surface area contributed by atoms with Crippen LogP contribution < -0.4 is 5.32 Å². The van der Waals surface area contributed by atoms with Crippen LogP contribution in [-0.4, -0.2) is 35.4 Å². The standard InChI is InChI=1S/C15H25N3O/c1-5-8-18(9-6-2)15(19)13-11-17-12(4)10-14(13)16-7-3/h10-11H,5-9H2,1-4H3,(H,16,17). The zero-order valence-electron chi connectivity index (χ0n) is 12.5. The first-order valence-corrected chi connectivity index (χ1v) is 7.13. The minimum atomic E-state index is 0.0761. The predicted molar refractivity (Wildman–Crippen MR) is 79.6 cm³/mol. The van der Waals surface area contributed by atoms with Crippen LogP contribution in [0.15, 0.2) is 12.3 Å². The van der Waals surface area contributed by atoms with Crippen LogP contribution in [-0.2, 0) is 0 Å². The molecule has 0 saturated heterocycles. The highest BCUT2D eigenvalue weighted by molar-refractivity contribution is 5.99. The summed E-state index contributed by atoms with van der Waals surface area (Å²) in [7, 11) is 0. The smallest absolute Gasteiger partial charge is 0.257 e. The monoisotopic (exact) mass is 263 g/mol. The largest absolute Gasteiger partial charge is 0.385 e. The van der Waals surface area contributed by atoms with E-state index in [9.17, 15) is 4.79 Å². The molecule has 4 heteroatoms. The first-order valence-electron chi connectivity index (χ1n) is 7.13. The number of pyridine rings is 1. The van der Waals surface area contributed by atoms with Crippen molar-refractivity contribution in [2.45, 2.75) is 40.5 Å². The van der Waals surface area contributed by atoms with Crippen molar-refractivity contribution in [1.82, 2.24) is 9.88 Å². The molecule has 0 spiro atoms. The molecule has 0 saturated carbocycles. The number of carbonyl (C=O) groups is 1. The second kappa shape index (κ2) is 7.77. The highest BCUT2D eigenvalue weighted by atomic mass is 16.2. The van der Waals surface area contributed by atoms with Gasteiger partial charge >= 0.3 is 0 Å². The summed E-state index contributed by atoms with van der Waals surface area (Å²) in [5, 5.41) is 3.25. The van der Waals surface area contributed by atoms with Crippen LogP contribution in [0.3, 0.4) is 0 Å². The molecule has 0 radical (unpaired) electrons. The lowest BCUT2D eigenvalue weighted by Crippen LogP contribution is -2.33. The normalized spacial score (nSPS) is 10.3. The molecule has 1 rings (SSSR count). The molecule has 19 heavy (non-hydrogen) atoms. The van der Waals surface area contributed by atoms with E-state index in [1.54, 1.807) is 6.20 Å². The minimum absolute atomic E-state index is 0.0761. The zero-order valence-corrected chi connectivity index (χ0v) is 12.5. The number of nitrogens with zero attached hydrogens (tertiary/aromatic N) is 2. The van der Waals surface area contributed by atoms with Gasteiger partial charge in [-0.05, 0) is 32.8 Å². The molecule has 106 valence electrons. The summed E-state index contributed by atoms with van der Waals surface area (Å²) < 4.78 is 0. The van der Waals surface area contributed by atoms with E-state index in [0.717, 1.165) is 43.9 Å². The van der Waals surface area contributed by atoms with E-state index in [2.05, 4.69) is 24.1 Å². The molecule has 1 amide bonds.